The minimum absolute atomic E-state index is 0.0955. The molecule has 2 aromatic rings. The number of aliphatic hydroxyl groups is 1. The molecule has 0 aliphatic rings. The second-order valence-electron chi connectivity index (χ2n) is 3.66. The second-order valence-corrected chi connectivity index (χ2v) is 3.66. The van der Waals surface area contributed by atoms with Gasteiger partial charge in [0.25, 0.3) is 0 Å². The Morgan fingerprint density at radius 3 is 2.94 bits per heavy atom. The van der Waals surface area contributed by atoms with Crippen molar-refractivity contribution in [3.05, 3.63) is 29.6 Å². The largest absolute Gasteiger partial charge is 0.388 e. The molecule has 2 aromatic heterocycles. The molecule has 6 heteroatoms. The van der Waals surface area contributed by atoms with E-state index in [0.717, 1.165) is 17.7 Å². The first-order chi connectivity index (χ1) is 7.74. The lowest BCUT2D eigenvalue weighted by molar-refractivity contribution is 0.265. The van der Waals surface area contributed by atoms with Crippen molar-refractivity contribution in [2.75, 3.05) is 0 Å². The minimum Gasteiger partial charge on any atom is -0.388 e. The van der Waals surface area contributed by atoms with Crippen LogP contribution in [0.5, 0.6) is 0 Å². The maximum atomic E-state index is 9.07. The highest BCUT2D eigenvalue weighted by Crippen LogP contribution is 2.10. The fourth-order valence-corrected chi connectivity index (χ4v) is 1.73. The lowest BCUT2D eigenvalue weighted by atomic mass is 10.2. The summed E-state index contributed by atoms with van der Waals surface area (Å²) in [7, 11) is 1.90. The molecule has 16 heavy (non-hydrogen) atoms. The van der Waals surface area contributed by atoms with Gasteiger partial charge in [-0.3, -0.25) is 4.68 Å². The Labute approximate surface area is 93.5 Å². The van der Waals surface area contributed by atoms with Crippen LogP contribution < -0.4 is 0 Å². The van der Waals surface area contributed by atoms with Gasteiger partial charge in [-0.1, -0.05) is 6.92 Å². The number of rotatable bonds is 4. The number of nitrogens with zero attached hydrogens (tertiary/aromatic N) is 5. The van der Waals surface area contributed by atoms with E-state index in [0.29, 0.717) is 12.4 Å². The van der Waals surface area contributed by atoms with Gasteiger partial charge in [0, 0.05) is 18.8 Å². The van der Waals surface area contributed by atoms with Gasteiger partial charge in [0.15, 0.2) is 5.82 Å². The Hall–Kier alpha value is -1.69. The maximum Gasteiger partial charge on any atom is 0.158 e. The SMILES string of the molecule is CCc1nn(C)cc1Cn1cnnc1CO. The molecule has 0 atom stereocenters. The summed E-state index contributed by atoms with van der Waals surface area (Å²) < 4.78 is 3.63. The summed E-state index contributed by atoms with van der Waals surface area (Å²) in [4.78, 5) is 0. The molecule has 2 heterocycles. The summed E-state index contributed by atoms with van der Waals surface area (Å²) >= 11 is 0. The topological polar surface area (TPSA) is 68.8 Å². The van der Waals surface area contributed by atoms with E-state index in [9.17, 15) is 0 Å². The van der Waals surface area contributed by atoms with Crippen molar-refractivity contribution in [3.8, 4) is 0 Å². The van der Waals surface area contributed by atoms with Gasteiger partial charge in [-0.2, -0.15) is 5.10 Å². The van der Waals surface area contributed by atoms with Crippen LogP contribution >= 0.6 is 0 Å². The predicted octanol–water partition coefficient (Wildman–Crippen LogP) is 0.115. The maximum absolute atomic E-state index is 9.07. The number of hydrogen-bond donors (Lipinski definition) is 1. The van der Waals surface area contributed by atoms with Crippen LogP contribution in [-0.2, 0) is 26.6 Å². The Kier molecular flexibility index (Phi) is 3.00. The Balaban J connectivity index is 2.26. The fourth-order valence-electron chi connectivity index (χ4n) is 1.73. The average molecular weight is 221 g/mol. The van der Waals surface area contributed by atoms with E-state index >= 15 is 0 Å². The lowest BCUT2D eigenvalue weighted by Crippen LogP contribution is -2.05. The minimum atomic E-state index is -0.0955. The molecule has 0 aliphatic heterocycles. The number of aryl methyl sites for hydroxylation is 2. The van der Waals surface area contributed by atoms with Gasteiger partial charge < -0.3 is 9.67 Å². The molecule has 0 aliphatic carbocycles. The van der Waals surface area contributed by atoms with Crippen LogP contribution in [0.2, 0.25) is 0 Å². The van der Waals surface area contributed by atoms with Crippen molar-refractivity contribution < 1.29 is 5.11 Å². The van der Waals surface area contributed by atoms with Gasteiger partial charge in [-0.25, -0.2) is 0 Å². The summed E-state index contributed by atoms with van der Waals surface area (Å²) in [6.07, 6.45) is 4.50. The Bertz CT molecular complexity index is 473. The first-order valence-corrected chi connectivity index (χ1v) is 5.23. The number of aliphatic hydroxyl groups excluding tert-OH is 1. The summed E-state index contributed by atoms with van der Waals surface area (Å²) in [5.41, 5.74) is 2.21. The molecular formula is C10H15N5O. The molecule has 0 saturated carbocycles. The first kappa shape index (κ1) is 10.8. The average Bonchev–Trinajstić information content (AvgIpc) is 2.85. The molecule has 0 unspecified atom stereocenters. The van der Waals surface area contributed by atoms with E-state index in [2.05, 4.69) is 22.2 Å². The van der Waals surface area contributed by atoms with E-state index in [1.165, 1.54) is 0 Å². The molecular weight excluding hydrogens is 206 g/mol. The second kappa shape index (κ2) is 4.44. The molecule has 0 fully saturated rings. The molecule has 0 aromatic carbocycles. The van der Waals surface area contributed by atoms with Crippen LogP contribution in [0.4, 0.5) is 0 Å². The van der Waals surface area contributed by atoms with Gasteiger partial charge in [-0.15, -0.1) is 10.2 Å². The molecule has 2 rings (SSSR count). The van der Waals surface area contributed by atoms with E-state index in [1.807, 2.05) is 17.8 Å². The Morgan fingerprint density at radius 1 is 1.44 bits per heavy atom. The highest BCUT2D eigenvalue weighted by atomic mass is 16.3. The highest BCUT2D eigenvalue weighted by Gasteiger charge is 2.09. The zero-order valence-corrected chi connectivity index (χ0v) is 9.46. The van der Waals surface area contributed by atoms with Crippen molar-refractivity contribution in [1.29, 1.82) is 0 Å². The van der Waals surface area contributed by atoms with Gasteiger partial charge in [-0.05, 0) is 6.42 Å². The normalized spacial score (nSPS) is 10.9. The monoisotopic (exact) mass is 221 g/mol. The fraction of sp³-hybridized carbons (Fsp3) is 0.500. The van der Waals surface area contributed by atoms with Gasteiger partial charge >= 0.3 is 0 Å². The molecule has 86 valence electrons. The molecule has 0 bridgehead atoms. The van der Waals surface area contributed by atoms with Crippen molar-refractivity contribution in [2.24, 2.45) is 7.05 Å². The van der Waals surface area contributed by atoms with Crippen molar-refractivity contribution >= 4 is 0 Å². The smallest absolute Gasteiger partial charge is 0.158 e. The standard InChI is InChI=1S/C10H15N5O/c1-3-9-8(4-14(2)13-9)5-15-7-11-12-10(15)6-16/h4,7,16H,3,5-6H2,1-2H3. The van der Waals surface area contributed by atoms with Crippen LogP contribution in [0.1, 0.15) is 24.0 Å². The van der Waals surface area contributed by atoms with E-state index in [4.69, 9.17) is 5.11 Å². The van der Waals surface area contributed by atoms with E-state index in [1.54, 1.807) is 11.0 Å². The van der Waals surface area contributed by atoms with E-state index in [-0.39, 0.29) is 6.61 Å². The zero-order chi connectivity index (χ0) is 11.5. The predicted molar refractivity (Wildman–Crippen MR) is 57.6 cm³/mol. The van der Waals surface area contributed by atoms with Gasteiger partial charge in [0.1, 0.15) is 12.9 Å². The number of hydrogen-bond acceptors (Lipinski definition) is 4. The zero-order valence-electron chi connectivity index (χ0n) is 9.46. The third-order valence-corrected chi connectivity index (χ3v) is 2.50. The molecule has 0 saturated heterocycles. The molecule has 1 N–H and O–H groups in total. The molecule has 0 amide bonds. The molecule has 6 nitrogen and oxygen atoms in total. The lowest BCUT2D eigenvalue weighted by Gasteiger charge is -2.03. The van der Waals surface area contributed by atoms with Crippen LogP contribution in [-0.4, -0.2) is 29.7 Å². The van der Waals surface area contributed by atoms with Crippen molar-refractivity contribution in [1.82, 2.24) is 24.5 Å². The molecule has 0 spiro atoms. The Morgan fingerprint density at radius 2 is 2.25 bits per heavy atom. The van der Waals surface area contributed by atoms with E-state index < -0.39 is 0 Å². The van der Waals surface area contributed by atoms with Crippen LogP contribution in [0.15, 0.2) is 12.5 Å². The summed E-state index contributed by atoms with van der Waals surface area (Å²) in [5.74, 6) is 0.575. The van der Waals surface area contributed by atoms with Crippen molar-refractivity contribution in [2.45, 2.75) is 26.5 Å². The van der Waals surface area contributed by atoms with Crippen LogP contribution in [0.25, 0.3) is 0 Å². The summed E-state index contributed by atoms with van der Waals surface area (Å²) in [6, 6.07) is 0. The first-order valence-electron chi connectivity index (χ1n) is 5.23. The summed E-state index contributed by atoms with van der Waals surface area (Å²) in [6.45, 7) is 2.63. The highest BCUT2D eigenvalue weighted by molar-refractivity contribution is 5.17. The molecule has 0 radical (unpaired) electrons. The van der Waals surface area contributed by atoms with Crippen molar-refractivity contribution in [3.63, 3.8) is 0 Å². The van der Waals surface area contributed by atoms with Crippen LogP contribution in [0.3, 0.4) is 0 Å². The van der Waals surface area contributed by atoms with Gasteiger partial charge in [0.2, 0.25) is 0 Å². The third-order valence-electron chi connectivity index (χ3n) is 2.50. The van der Waals surface area contributed by atoms with Gasteiger partial charge in [0.05, 0.1) is 12.2 Å². The quantitative estimate of drug-likeness (QED) is 0.796. The van der Waals surface area contributed by atoms with Crippen LogP contribution in [0, 0.1) is 0 Å². The number of aromatic nitrogens is 5. The third kappa shape index (κ3) is 1.96. The summed E-state index contributed by atoms with van der Waals surface area (Å²) in [5, 5.41) is 21.0.